The fourth-order valence-electron chi connectivity index (χ4n) is 2.03. The highest BCUT2D eigenvalue weighted by molar-refractivity contribution is 5.97. The molecule has 0 amide bonds. The Kier molecular flexibility index (Phi) is 5.30. The van der Waals surface area contributed by atoms with Crippen molar-refractivity contribution in [2.45, 2.75) is 13.3 Å². The number of carbonyl (C=O) groups excluding carboxylic acids is 1. The lowest BCUT2D eigenvalue weighted by molar-refractivity contribution is 0.0920. The number of aromatic nitrogens is 1. The summed E-state index contributed by atoms with van der Waals surface area (Å²) in [5, 5.41) is 3.27. The van der Waals surface area contributed by atoms with Crippen LogP contribution < -0.4 is 10.1 Å². The number of pyridine rings is 1. The molecule has 1 aromatic heterocycles. The zero-order valence-corrected chi connectivity index (χ0v) is 11.4. The number of hydrogen-bond donors (Lipinski definition) is 1. The van der Waals surface area contributed by atoms with Crippen LogP contribution in [0.4, 0.5) is 0 Å². The van der Waals surface area contributed by atoms with Crippen molar-refractivity contribution in [2.75, 3.05) is 39.3 Å². The van der Waals surface area contributed by atoms with Gasteiger partial charge in [0, 0.05) is 37.9 Å². The van der Waals surface area contributed by atoms with Crippen LogP contribution in [0.1, 0.15) is 23.7 Å². The van der Waals surface area contributed by atoms with Gasteiger partial charge in [-0.2, -0.15) is 0 Å². The number of ether oxygens (including phenoxy) is 1. The van der Waals surface area contributed by atoms with E-state index < -0.39 is 0 Å². The average molecular weight is 263 g/mol. The Balaban J connectivity index is 1.93. The summed E-state index contributed by atoms with van der Waals surface area (Å²) in [6, 6.07) is 1.78. The van der Waals surface area contributed by atoms with Gasteiger partial charge in [0.05, 0.1) is 19.3 Å². The van der Waals surface area contributed by atoms with E-state index in [0.29, 0.717) is 24.5 Å². The van der Waals surface area contributed by atoms with Gasteiger partial charge < -0.3 is 10.1 Å². The zero-order chi connectivity index (χ0) is 13.5. The lowest BCUT2D eigenvalue weighted by Crippen LogP contribution is -2.45. The summed E-state index contributed by atoms with van der Waals surface area (Å²) in [6.07, 6.45) is 4.21. The third kappa shape index (κ3) is 4.29. The highest BCUT2D eigenvalue weighted by Crippen LogP contribution is 2.12. The summed E-state index contributed by atoms with van der Waals surface area (Å²) in [5.74, 6) is 0.782. The Hall–Kier alpha value is -1.46. The smallest absolute Gasteiger partial charge is 0.178 e. The lowest BCUT2D eigenvalue weighted by atomic mass is 10.1. The number of carbonyl (C=O) groups is 1. The van der Waals surface area contributed by atoms with Gasteiger partial charge in [-0.05, 0) is 12.5 Å². The number of ketones is 1. The molecule has 5 nitrogen and oxygen atoms in total. The summed E-state index contributed by atoms with van der Waals surface area (Å²) >= 11 is 0. The summed E-state index contributed by atoms with van der Waals surface area (Å²) in [7, 11) is 0. The third-order valence-electron chi connectivity index (χ3n) is 3.08. The Morgan fingerprint density at radius 3 is 2.95 bits per heavy atom. The van der Waals surface area contributed by atoms with Crippen molar-refractivity contribution in [1.82, 2.24) is 15.2 Å². The van der Waals surface area contributed by atoms with Gasteiger partial charge in [-0.15, -0.1) is 0 Å². The number of piperazine rings is 1. The molecule has 1 aliphatic heterocycles. The third-order valence-corrected chi connectivity index (χ3v) is 3.08. The van der Waals surface area contributed by atoms with Crippen LogP contribution in [-0.4, -0.2) is 55.0 Å². The van der Waals surface area contributed by atoms with E-state index in [0.717, 1.165) is 32.6 Å². The topological polar surface area (TPSA) is 54.5 Å². The molecule has 1 saturated heterocycles. The SMILES string of the molecule is CCCOc1cncc(C(=O)CN2CCNCC2)c1. The second kappa shape index (κ2) is 7.21. The summed E-state index contributed by atoms with van der Waals surface area (Å²) < 4.78 is 5.50. The summed E-state index contributed by atoms with van der Waals surface area (Å²) in [4.78, 5) is 18.4. The van der Waals surface area contributed by atoms with Gasteiger partial charge in [0.1, 0.15) is 5.75 Å². The molecule has 2 rings (SSSR count). The maximum absolute atomic E-state index is 12.2. The van der Waals surface area contributed by atoms with Gasteiger partial charge in [0.2, 0.25) is 0 Å². The Morgan fingerprint density at radius 1 is 1.42 bits per heavy atom. The number of rotatable bonds is 6. The average Bonchev–Trinajstić information content (AvgIpc) is 2.46. The maximum Gasteiger partial charge on any atom is 0.178 e. The Bertz CT molecular complexity index is 417. The van der Waals surface area contributed by atoms with Gasteiger partial charge in [-0.25, -0.2) is 0 Å². The zero-order valence-electron chi connectivity index (χ0n) is 11.4. The number of Topliss-reactive ketones (excluding diaryl/α,β-unsaturated/α-hetero) is 1. The van der Waals surface area contributed by atoms with Crippen LogP contribution >= 0.6 is 0 Å². The lowest BCUT2D eigenvalue weighted by Gasteiger charge is -2.26. The first-order chi connectivity index (χ1) is 9.29. The minimum atomic E-state index is 0.108. The monoisotopic (exact) mass is 263 g/mol. The fourth-order valence-corrected chi connectivity index (χ4v) is 2.03. The minimum absolute atomic E-state index is 0.108. The molecule has 0 bridgehead atoms. The molecule has 2 heterocycles. The van der Waals surface area contributed by atoms with Crippen LogP contribution in [0.5, 0.6) is 5.75 Å². The second-order valence-electron chi connectivity index (χ2n) is 4.71. The van der Waals surface area contributed by atoms with E-state index in [9.17, 15) is 4.79 Å². The molecule has 1 fully saturated rings. The molecule has 1 N–H and O–H groups in total. The van der Waals surface area contributed by atoms with Crippen molar-refractivity contribution in [3.63, 3.8) is 0 Å². The van der Waals surface area contributed by atoms with E-state index in [1.165, 1.54) is 0 Å². The highest BCUT2D eigenvalue weighted by Gasteiger charge is 2.15. The van der Waals surface area contributed by atoms with E-state index in [1.54, 1.807) is 18.5 Å². The van der Waals surface area contributed by atoms with Crippen LogP contribution in [0.3, 0.4) is 0 Å². The predicted octanol–water partition coefficient (Wildman–Crippen LogP) is 0.958. The van der Waals surface area contributed by atoms with Gasteiger partial charge in [-0.3, -0.25) is 14.7 Å². The van der Waals surface area contributed by atoms with E-state index in [2.05, 4.69) is 15.2 Å². The van der Waals surface area contributed by atoms with Crippen molar-refractivity contribution in [2.24, 2.45) is 0 Å². The van der Waals surface area contributed by atoms with Crippen molar-refractivity contribution < 1.29 is 9.53 Å². The standard InChI is InChI=1S/C14H21N3O2/c1-2-7-19-13-8-12(9-16-10-13)14(18)11-17-5-3-15-4-6-17/h8-10,15H,2-7,11H2,1H3. The number of nitrogens with one attached hydrogen (secondary N) is 1. The largest absolute Gasteiger partial charge is 0.492 e. The minimum Gasteiger partial charge on any atom is -0.492 e. The molecule has 0 saturated carbocycles. The number of hydrogen-bond acceptors (Lipinski definition) is 5. The van der Waals surface area contributed by atoms with E-state index in [4.69, 9.17) is 4.74 Å². The summed E-state index contributed by atoms with van der Waals surface area (Å²) in [5.41, 5.74) is 0.632. The normalized spacial score (nSPS) is 16.3. The van der Waals surface area contributed by atoms with E-state index in [-0.39, 0.29) is 5.78 Å². The molecule has 19 heavy (non-hydrogen) atoms. The van der Waals surface area contributed by atoms with Gasteiger partial charge in [0.25, 0.3) is 0 Å². The van der Waals surface area contributed by atoms with Crippen LogP contribution in [0.2, 0.25) is 0 Å². The Morgan fingerprint density at radius 2 is 2.21 bits per heavy atom. The van der Waals surface area contributed by atoms with Crippen LogP contribution in [-0.2, 0) is 0 Å². The van der Waals surface area contributed by atoms with Crippen LogP contribution in [0, 0.1) is 0 Å². The maximum atomic E-state index is 12.2. The second-order valence-corrected chi connectivity index (χ2v) is 4.71. The van der Waals surface area contributed by atoms with Crippen molar-refractivity contribution in [3.05, 3.63) is 24.0 Å². The molecule has 0 unspecified atom stereocenters. The summed E-state index contributed by atoms with van der Waals surface area (Å²) in [6.45, 7) is 6.90. The first-order valence-electron chi connectivity index (χ1n) is 6.83. The highest BCUT2D eigenvalue weighted by atomic mass is 16.5. The molecule has 0 atom stereocenters. The predicted molar refractivity (Wildman–Crippen MR) is 73.7 cm³/mol. The first-order valence-corrected chi connectivity index (χ1v) is 6.83. The van der Waals surface area contributed by atoms with Gasteiger partial charge in [0.15, 0.2) is 5.78 Å². The van der Waals surface area contributed by atoms with Gasteiger partial charge in [-0.1, -0.05) is 6.92 Å². The van der Waals surface area contributed by atoms with Crippen LogP contribution in [0.15, 0.2) is 18.5 Å². The van der Waals surface area contributed by atoms with Crippen molar-refractivity contribution in [3.8, 4) is 5.75 Å². The van der Waals surface area contributed by atoms with Gasteiger partial charge >= 0.3 is 0 Å². The van der Waals surface area contributed by atoms with E-state index in [1.807, 2.05) is 6.92 Å². The molecule has 0 spiro atoms. The molecule has 0 aliphatic carbocycles. The quantitative estimate of drug-likeness (QED) is 0.775. The molecule has 1 aliphatic rings. The molecule has 0 radical (unpaired) electrons. The molecule has 0 aromatic carbocycles. The molecule has 1 aromatic rings. The van der Waals surface area contributed by atoms with Crippen LogP contribution in [0.25, 0.3) is 0 Å². The fraction of sp³-hybridized carbons (Fsp3) is 0.571. The molecule has 5 heteroatoms. The number of nitrogens with zero attached hydrogens (tertiary/aromatic N) is 2. The molecular weight excluding hydrogens is 242 g/mol. The van der Waals surface area contributed by atoms with Crippen molar-refractivity contribution in [1.29, 1.82) is 0 Å². The first kappa shape index (κ1) is 14.0. The Labute approximate surface area is 114 Å². The molecular formula is C14H21N3O2. The molecule has 104 valence electrons. The van der Waals surface area contributed by atoms with Crippen molar-refractivity contribution >= 4 is 5.78 Å². The van der Waals surface area contributed by atoms with E-state index >= 15 is 0 Å².